The molecule has 0 unspecified atom stereocenters. The van der Waals surface area contributed by atoms with E-state index in [0.717, 1.165) is 50.4 Å². The summed E-state index contributed by atoms with van der Waals surface area (Å²) in [7, 11) is 0. The van der Waals surface area contributed by atoms with Gasteiger partial charge in [0, 0.05) is 49.7 Å². The molecule has 1 saturated heterocycles. The second-order valence-corrected chi connectivity index (χ2v) is 10.4. The fourth-order valence-electron chi connectivity index (χ4n) is 7.00. The SMILES string of the molecule is O=C(CC12CC3CC(CC(C3)C1)C2)N1CCN(Cc2c(F)cccc2Cl)CC1. The highest BCUT2D eigenvalue weighted by atomic mass is 35.5. The minimum absolute atomic E-state index is 0.243. The summed E-state index contributed by atoms with van der Waals surface area (Å²) in [5.74, 6) is 2.78. The van der Waals surface area contributed by atoms with Crippen LogP contribution in [0.25, 0.3) is 0 Å². The van der Waals surface area contributed by atoms with E-state index in [1.165, 1.54) is 44.6 Å². The molecule has 5 heteroatoms. The zero-order valence-corrected chi connectivity index (χ0v) is 17.3. The second-order valence-electron chi connectivity index (χ2n) is 9.95. The van der Waals surface area contributed by atoms with E-state index >= 15 is 0 Å². The van der Waals surface area contributed by atoms with Gasteiger partial charge in [0.15, 0.2) is 0 Å². The number of hydrogen-bond acceptors (Lipinski definition) is 2. The van der Waals surface area contributed by atoms with Crippen LogP contribution in [-0.2, 0) is 11.3 Å². The molecule has 4 saturated carbocycles. The molecule has 1 heterocycles. The van der Waals surface area contributed by atoms with Gasteiger partial charge in [0.05, 0.1) is 0 Å². The molecule has 1 aliphatic heterocycles. The molecule has 1 aromatic rings. The van der Waals surface area contributed by atoms with E-state index in [0.29, 0.717) is 28.5 Å². The highest BCUT2D eigenvalue weighted by Gasteiger charge is 2.51. The van der Waals surface area contributed by atoms with Crippen molar-refractivity contribution < 1.29 is 9.18 Å². The Morgan fingerprint density at radius 2 is 1.64 bits per heavy atom. The van der Waals surface area contributed by atoms with Gasteiger partial charge in [0.2, 0.25) is 5.91 Å². The lowest BCUT2D eigenvalue weighted by Gasteiger charge is -2.57. The first-order valence-corrected chi connectivity index (χ1v) is 11.3. The Morgan fingerprint density at radius 1 is 1.04 bits per heavy atom. The molecule has 3 nitrogen and oxygen atoms in total. The average molecular weight is 405 g/mol. The topological polar surface area (TPSA) is 23.6 Å². The molecule has 1 aromatic carbocycles. The zero-order valence-electron chi connectivity index (χ0n) is 16.5. The fraction of sp³-hybridized carbons (Fsp3) is 0.696. The second kappa shape index (κ2) is 7.28. The normalized spacial score (nSPS) is 34.8. The maximum Gasteiger partial charge on any atom is 0.223 e. The van der Waals surface area contributed by atoms with Crippen LogP contribution in [0.5, 0.6) is 0 Å². The molecule has 0 radical (unpaired) electrons. The van der Waals surface area contributed by atoms with Crippen molar-refractivity contribution in [1.82, 2.24) is 9.80 Å². The number of halogens is 2. The molecule has 6 rings (SSSR count). The van der Waals surface area contributed by atoms with Crippen molar-refractivity contribution >= 4 is 17.5 Å². The third-order valence-electron chi connectivity index (χ3n) is 7.86. The Morgan fingerprint density at radius 3 is 2.21 bits per heavy atom. The molecule has 4 aliphatic carbocycles. The van der Waals surface area contributed by atoms with Gasteiger partial charge in [0.1, 0.15) is 5.82 Å². The van der Waals surface area contributed by atoms with E-state index in [1.807, 2.05) is 0 Å². The van der Waals surface area contributed by atoms with Crippen molar-refractivity contribution in [3.8, 4) is 0 Å². The Kier molecular flexibility index (Phi) is 4.91. The molecular formula is C23H30ClFN2O. The third kappa shape index (κ3) is 3.59. The Balaban J connectivity index is 1.17. The minimum atomic E-state index is -0.243. The number of hydrogen-bond donors (Lipinski definition) is 0. The van der Waals surface area contributed by atoms with Gasteiger partial charge in [-0.2, -0.15) is 0 Å². The van der Waals surface area contributed by atoms with Crippen molar-refractivity contribution in [2.45, 2.75) is 51.5 Å². The van der Waals surface area contributed by atoms with Gasteiger partial charge >= 0.3 is 0 Å². The molecule has 0 spiro atoms. The number of carbonyl (C=O) groups excluding carboxylic acids is 1. The Bertz CT molecular complexity index is 703. The summed E-state index contributed by atoms with van der Waals surface area (Å²) in [6, 6.07) is 4.85. The van der Waals surface area contributed by atoms with E-state index in [2.05, 4.69) is 9.80 Å². The Hall–Kier alpha value is -1.13. The fourth-order valence-corrected chi connectivity index (χ4v) is 7.22. The number of nitrogens with zero attached hydrogens (tertiary/aromatic N) is 2. The Labute approximate surface area is 172 Å². The maximum absolute atomic E-state index is 14.0. The monoisotopic (exact) mass is 404 g/mol. The quantitative estimate of drug-likeness (QED) is 0.724. The molecule has 5 fully saturated rings. The van der Waals surface area contributed by atoms with Crippen LogP contribution in [0.2, 0.25) is 5.02 Å². The standard InChI is InChI=1S/C23H30ClFN2O/c24-20-2-1-3-21(25)19(20)15-26-4-6-27(7-5-26)22(28)14-23-11-16-8-17(12-23)10-18(9-16)13-23/h1-3,16-18H,4-15H2. The van der Waals surface area contributed by atoms with Crippen molar-refractivity contribution in [3.63, 3.8) is 0 Å². The van der Waals surface area contributed by atoms with Gasteiger partial charge in [-0.25, -0.2) is 4.39 Å². The number of rotatable bonds is 4. The van der Waals surface area contributed by atoms with Crippen LogP contribution in [0, 0.1) is 29.0 Å². The number of amides is 1. The van der Waals surface area contributed by atoms with Crippen molar-refractivity contribution in [2.24, 2.45) is 23.2 Å². The van der Waals surface area contributed by atoms with Gasteiger partial charge in [-0.3, -0.25) is 9.69 Å². The van der Waals surface area contributed by atoms with Crippen molar-refractivity contribution in [1.29, 1.82) is 0 Å². The summed E-state index contributed by atoms with van der Waals surface area (Å²) in [5.41, 5.74) is 0.876. The van der Waals surface area contributed by atoms with Crippen LogP contribution < -0.4 is 0 Å². The molecule has 4 bridgehead atoms. The smallest absolute Gasteiger partial charge is 0.223 e. The predicted octanol–water partition coefficient (Wildman–Crippen LogP) is 4.73. The van der Waals surface area contributed by atoms with Gasteiger partial charge in [-0.15, -0.1) is 0 Å². The zero-order chi connectivity index (χ0) is 19.3. The van der Waals surface area contributed by atoms with Crippen molar-refractivity contribution in [2.75, 3.05) is 26.2 Å². The van der Waals surface area contributed by atoms with Crippen LogP contribution in [0.4, 0.5) is 4.39 Å². The van der Waals surface area contributed by atoms with E-state index in [4.69, 9.17) is 11.6 Å². The third-order valence-corrected chi connectivity index (χ3v) is 8.21. The maximum atomic E-state index is 14.0. The molecular weight excluding hydrogens is 375 g/mol. The average Bonchev–Trinajstić information content (AvgIpc) is 2.64. The summed E-state index contributed by atoms with van der Waals surface area (Å²) in [6.45, 7) is 3.59. The van der Waals surface area contributed by atoms with Crippen LogP contribution in [0.15, 0.2) is 18.2 Å². The van der Waals surface area contributed by atoms with E-state index in [9.17, 15) is 9.18 Å². The van der Waals surface area contributed by atoms with Gasteiger partial charge in [-0.1, -0.05) is 17.7 Å². The summed E-state index contributed by atoms with van der Waals surface area (Å²) >= 11 is 6.17. The molecule has 152 valence electrons. The van der Waals surface area contributed by atoms with Gasteiger partial charge in [-0.05, 0) is 73.8 Å². The highest BCUT2D eigenvalue weighted by molar-refractivity contribution is 6.31. The lowest BCUT2D eigenvalue weighted by atomic mass is 9.49. The lowest BCUT2D eigenvalue weighted by molar-refractivity contribution is -0.141. The minimum Gasteiger partial charge on any atom is -0.340 e. The summed E-state index contributed by atoms with van der Waals surface area (Å²) in [6.07, 6.45) is 8.89. The predicted molar refractivity (Wildman–Crippen MR) is 108 cm³/mol. The molecule has 0 aromatic heterocycles. The summed E-state index contributed by atoms with van der Waals surface area (Å²) in [5, 5.41) is 0.486. The van der Waals surface area contributed by atoms with Crippen LogP contribution >= 0.6 is 11.6 Å². The van der Waals surface area contributed by atoms with E-state index in [-0.39, 0.29) is 5.82 Å². The lowest BCUT2D eigenvalue weighted by Crippen LogP contribution is -2.52. The molecule has 28 heavy (non-hydrogen) atoms. The van der Waals surface area contributed by atoms with Gasteiger partial charge < -0.3 is 4.90 Å². The van der Waals surface area contributed by atoms with Crippen LogP contribution in [-0.4, -0.2) is 41.9 Å². The van der Waals surface area contributed by atoms with Crippen molar-refractivity contribution in [3.05, 3.63) is 34.6 Å². The summed E-state index contributed by atoms with van der Waals surface area (Å²) in [4.78, 5) is 17.3. The first kappa shape index (κ1) is 18.9. The van der Waals surface area contributed by atoms with E-state index in [1.54, 1.807) is 12.1 Å². The molecule has 1 amide bonds. The largest absolute Gasteiger partial charge is 0.340 e. The van der Waals surface area contributed by atoms with E-state index < -0.39 is 0 Å². The van der Waals surface area contributed by atoms with Gasteiger partial charge in [0.25, 0.3) is 0 Å². The van der Waals surface area contributed by atoms with Crippen LogP contribution in [0.3, 0.4) is 0 Å². The molecule has 5 aliphatic rings. The molecule has 0 atom stereocenters. The number of benzene rings is 1. The first-order chi connectivity index (χ1) is 13.5. The summed E-state index contributed by atoms with van der Waals surface area (Å²) < 4.78 is 14.0. The molecule has 0 N–H and O–H groups in total. The number of carbonyl (C=O) groups is 1. The highest BCUT2D eigenvalue weighted by Crippen LogP contribution is 2.61. The number of piperazine rings is 1. The van der Waals surface area contributed by atoms with Crippen LogP contribution in [0.1, 0.15) is 50.5 Å². The first-order valence-electron chi connectivity index (χ1n) is 10.9.